The molecule has 0 rings (SSSR count). The van der Waals surface area contributed by atoms with E-state index in [0.29, 0.717) is 0 Å². The minimum absolute atomic E-state index is 0.0529. The predicted octanol–water partition coefficient (Wildman–Crippen LogP) is 3.00. The number of nitrogens with zero attached hydrogens (tertiary/aromatic N) is 1. The topological polar surface area (TPSA) is 23.8 Å². The lowest BCUT2D eigenvalue weighted by atomic mass is 10.4. The van der Waals surface area contributed by atoms with E-state index in [9.17, 15) is 0 Å². The smallest absolute Gasteiger partial charge is 0.184 e. The lowest BCUT2D eigenvalue weighted by Crippen LogP contribution is -1.84. The molecule has 0 aromatic heterocycles. The summed E-state index contributed by atoms with van der Waals surface area (Å²) < 4.78 is 0. The van der Waals surface area contributed by atoms with E-state index >= 15 is 0 Å². The van der Waals surface area contributed by atoms with Gasteiger partial charge >= 0.3 is 0 Å². The molecule has 0 saturated heterocycles. The Morgan fingerprint density at radius 2 is 2.00 bits per heavy atom. The van der Waals surface area contributed by atoms with Gasteiger partial charge in [0.15, 0.2) is 5.80 Å². The summed E-state index contributed by atoms with van der Waals surface area (Å²) >= 11 is 0. The molecule has 0 radical (unpaired) electrons. The Morgan fingerprint density at radius 1 is 1.27 bits per heavy atom. The van der Waals surface area contributed by atoms with E-state index in [0.717, 1.165) is 0 Å². The summed E-state index contributed by atoms with van der Waals surface area (Å²) in [7, 11) is -0.0529. The summed E-state index contributed by atoms with van der Waals surface area (Å²) in [5.41, 5.74) is 0. The van der Waals surface area contributed by atoms with Gasteiger partial charge in [0.25, 0.3) is 0 Å². The van der Waals surface area contributed by atoms with Crippen molar-refractivity contribution in [2.75, 3.05) is 12.3 Å². The second-order valence-corrected chi connectivity index (χ2v) is 4.98. The molecule has 1 atom stereocenters. The van der Waals surface area contributed by atoms with Gasteiger partial charge in [0.05, 0.1) is 0 Å². The van der Waals surface area contributed by atoms with Gasteiger partial charge in [-0.05, 0) is 12.8 Å². The summed E-state index contributed by atoms with van der Waals surface area (Å²) in [6.45, 7) is 4.39. The van der Waals surface area contributed by atoms with Crippen LogP contribution in [0, 0.1) is 11.3 Å². The highest BCUT2D eigenvalue weighted by molar-refractivity contribution is 7.57. The maximum atomic E-state index is 8.47. The Bertz CT molecular complexity index is 155. The minimum atomic E-state index is -0.0529. The monoisotopic (exact) mass is 170 g/mol. The molecule has 0 aliphatic rings. The van der Waals surface area contributed by atoms with E-state index in [1.54, 1.807) is 0 Å². The van der Waals surface area contributed by atoms with Crippen LogP contribution in [0.1, 0.15) is 33.1 Å². The highest BCUT2D eigenvalue weighted by atomic mass is 31.1. The van der Waals surface area contributed by atoms with E-state index in [-0.39, 0.29) is 7.55 Å². The van der Waals surface area contributed by atoms with Crippen LogP contribution < -0.4 is 0 Å². The first kappa shape index (κ1) is 10.7. The molecular weight excluding hydrogens is 153 g/mol. The predicted molar refractivity (Wildman–Crippen MR) is 53.5 cm³/mol. The third-order valence-electron chi connectivity index (χ3n) is 1.55. The Balaban J connectivity index is 3.72. The van der Waals surface area contributed by atoms with Gasteiger partial charge in [-0.15, -0.1) is 0 Å². The molecule has 0 aliphatic heterocycles. The lowest BCUT2D eigenvalue weighted by Gasteiger charge is -1.90. The van der Waals surface area contributed by atoms with Crippen molar-refractivity contribution in [1.82, 2.24) is 0 Å². The van der Waals surface area contributed by atoms with E-state index in [1.165, 1.54) is 31.6 Å². The molecule has 11 heavy (non-hydrogen) atoms. The maximum Gasteiger partial charge on any atom is 0.184 e. The molecule has 0 amide bonds. The molecule has 0 aromatic carbocycles. The molecular formula is C9H17NP+. The normalized spacial score (nSPS) is 11.2. The molecule has 1 unspecified atom stereocenters. The zero-order valence-electron chi connectivity index (χ0n) is 7.51. The minimum Gasteiger partial charge on any atom is -0.189 e. The van der Waals surface area contributed by atoms with Crippen LogP contribution in [-0.2, 0) is 0 Å². The number of hydrogen-bond acceptors (Lipinski definition) is 1. The number of unbranched alkanes of at least 4 members (excludes halogenated alkanes) is 1. The fourth-order valence-electron chi connectivity index (χ4n) is 0.971. The molecule has 1 nitrogen and oxygen atoms in total. The standard InChI is InChI=1S/C9H17NP/c1-3-5-8-11(7-4-2)9-6-10/h9H,3-5,7-8H2,1-2H3/q+1. The van der Waals surface area contributed by atoms with Crippen LogP contribution in [0.5, 0.6) is 0 Å². The van der Waals surface area contributed by atoms with Crippen LogP contribution in [0.25, 0.3) is 0 Å². The summed E-state index contributed by atoms with van der Waals surface area (Å²) in [4.78, 5) is 0. The zero-order valence-corrected chi connectivity index (χ0v) is 8.40. The highest BCUT2D eigenvalue weighted by Gasteiger charge is 2.05. The molecule has 0 aromatic rings. The van der Waals surface area contributed by atoms with Crippen LogP contribution in [-0.4, -0.2) is 18.1 Å². The van der Waals surface area contributed by atoms with Gasteiger partial charge in [-0.25, -0.2) is 0 Å². The van der Waals surface area contributed by atoms with Crippen molar-refractivity contribution < 1.29 is 0 Å². The van der Waals surface area contributed by atoms with Gasteiger partial charge in [-0.2, -0.15) is 5.26 Å². The van der Waals surface area contributed by atoms with Gasteiger partial charge in [-0.3, -0.25) is 0 Å². The average molecular weight is 170 g/mol. The van der Waals surface area contributed by atoms with Gasteiger partial charge in [0.1, 0.15) is 25.9 Å². The fraction of sp³-hybridized carbons (Fsp3) is 0.778. The van der Waals surface area contributed by atoms with Gasteiger partial charge in [0.2, 0.25) is 0 Å². The van der Waals surface area contributed by atoms with Crippen LogP contribution in [0.2, 0.25) is 0 Å². The van der Waals surface area contributed by atoms with E-state index in [2.05, 4.69) is 19.9 Å². The number of nitriles is 1. The van der Waals surface area contributed by atoms with Gasteiger partial charge < -0.3 is 0 Å². The van der Waals surface area contributed by atoms with Crippen LogP contribution in [0.3, 0.4) is 0 Å². The average Bonchev–Trinajstić information content (AvgIpc) is 2.01. The Morgan fingerprint density at radius 3 is 2.45 bits per heavy atom. The molecule has 0 heterocycles. The molecule has 0 saturated carbocycles. The highest BCUT2D eigenvalue weighted by Crippen LogP contribution is 2.23. The Kier molecular flexibility index (Phi) is 7.52. The largest absolute Gasteiger partial charge is 0.189 e. The van der Waals surface area contributed by atoms with Crippen molar-refractivity contribution in [3.8, 4) is 6.07 Å². The van der Waals surface area contributed by atoms with E-state index in [1.807, 2.05) is 5.80 Å². The molecule has 0 aliphatic carbocycles. The summed E-state index contributed by atoms with van der Waals surface area (Å²) in [6.07, 6.45) is 6.25. The van der Waals surface area contributed by atoms with Crippen molar-refractivity contribution in [3.63, 3.8) is 0 Å². The molecule has 62 valence electrons. The van der Waals surface area contributed by atoms with Crippen LogP contribution in [0.15, 0.2) is 0 Å². The van der Waals surface area contributed by atoms with E-state index in [4.69, 9.17) is 5.26 Å². The van der Waals surface area contributed by atoms with Gasteiger partial charge in [-0.1, -0.05) is 20.3 Å². The first-order chi connectivity index (χ1) is 5.35. The maximum absolute atomic E-state index is 8.47. The Hall–Kier alpha value is -0.340. The number of rotatable bonds is 5. The third kappa shape index (κ3) is 6.07. The van der Waals surface area contributed by atoms with Crippen molar-refractivity contribution >= 4 is 13.3 Å². The zero-order chi connectivity index (χ0) is 8.53. The SMILES string of the molecule is CCCC/[P+](=C/C#N)CCC. The molecule has 2 heteroatoms. The lowest BCUT2D eigenvalue weighted by molar-refractivity contribution is 0.891. The van der Waals surface area contributed by atoms with Crippen molar-refractivity contribution in [3.05, 3.63) is 0 Å². The molecule has 0 N–H and O–H groups in total. The van der Waals surface area contributed by atoms with E-state index < -0.39 is 0 Å². The molecule has 0 spiro atoms. The second-order valence-electron chi connectivity index (χ2n) is 2.65. The fourth-order valence-corrected chi connectivity index (χ4v) is 2.91. The van der Waals surface area contributed by atoms with Crippen molar-refractivity contribution in [2.24, 2.45) is 0 Å². The first-order valence-electron chi connectivity index (χ1n) is 4.32. The van der Waals surface area contributed by atoms with Crippen molar-refractivity contribution in [2.45, 2.75) is 33.1 Å². The Labute approximate surface area is 70.8 Å². The first-order valence-corrected chi connectivity index (χ1v) is 6.10. The van der Waals surface area contributed by atoms with Crippen LogP contribution >= 0.6 is 7.55 Å². The summed E-state index contributed by atoms with van der Waals surface area (Å²) in [5.74, 6) is 1.86. The number of hydrogen-bond donors (Lipinski definition) is 0. The summed E-state index contributed by atoms with van der Waals surface area (Å²) in [5, 5.41) is 8.47. The van der Waals surface area contributed by atoms with Gasteiger partial charge in [0, 0.05) is 0 Å². The van der Waals surface area contributed by atoms with Crippen LogP contribution in [0.4, 0.5) is 0 Å². The molecule has 0 fully saturated rings. The summed E-state index contributed by atoms with van der Waals surface area (Å²) in [6, 6.07) is 2.17. The molecule has 0 bridgehead atoms. The second kappa shape index (κ2) is 7.76. The third-order valence-corrected chi connectivity index (χ3v) is 3.94. The van der Waals surface area contributed by atoms with Crippen molar-refractivity contribution in [1.29, 1.82) is 5.26 Å². The quantitative estimate of drug-likeness (QED) is 0.582.